The van der Waals surface area contributed by atoms with Gasteiger partial charge in [-0.15, -0.1) is 0 Å². The molecule has 2 rings (SSSR count). The number of rotatable bonds is 5. The normalized spacial score (nSPS) is 22.6. The van der Waals surface area contributed by atoms with E-state index in [2.05, 4.69) is 4.74 Å². The molecule has 128 valence electrons. The monoisotopic (exact) mass is 348 g/mol. The standard InChI is InChI=1S/C15H18F2O5S/c16-15(17,23(19,20)21)14(18)22-10-11-6-8-13(9-7-11)12-4-2-1-3-5-12/h1-5,11,13H,6-10H2,(H,19,20,21). The van der Waals surface area contributed by atoms with E-state index in [0.29, 0.717) is 18.8 Å². The maximum absolute atomic E-state index is 13.0. The van der Waals surface area contributed by atoms with E-state index in [4.69, 9.17) is 4.55 Å². The molecule has 0 amide bonds. The second-order valence-electron chi connectivity index (χ2n) is 5.72. The van der Waals surface area contributed by atoms with Crippen molar-refractivity contribution in [2.75, 3.05) is 6.61 Å². The van der Waals surface area contributed by atoms with Crippen molar-refractivity contribution in [1.82, 2.24) is 0 Å². The van der Waals surface area contributed by atoms with E-state index in [-0.39, 0.29) is 12.5 Å². The van der Waals surface area contributed by atoms with Crippen LogP contribution in [0.1, 0.15) is 37.2 Å². The summed E-state index contributed by atoms with van der Waals surface area (Å²) in [6, 6.07) is 9.93. The highest BCUT2D eigenvalue weighted by Gasteiger charge is 2.54. The number of esters is 1. The average molecular weight is 348 g/mol. The van der Waals surface area contributed by atoms with Crippen LogP contribution in [0.3, 0.4) is 0 Å². The van der Waals surface area contributed by atoms with Crippen molar-refractivity contribution in [1.29, 1.82) is 0 Å². The molecule has 0 bridgehead atoms. The zero-order chi connectivity index (χ0) is 17.1. The molecule has 23 heavy (non-hydrogen) atoms. The summed E-state index contributed by atoms with van der Waals surface area (Å²) in [5, 5.41) is -4.92. The molecule has 0 radical (unpaired) electrons. The SMILES string of the molecule is O=C(OCC1CCC(c2ccccc2)CC1)C(F)(F)S(=O)(=O)O. The van der Waals surface area contributed by atoms with Crippen LogP contribution in [0.5, 0.6) is 0 Å². The van der Waals surface area contributed by atoms with E-state index in [1.54, 1.807) is 0 Å². The molecule has 1 saturated carbocycles. The molecule has 1 aliphatic rings. The van der Waals surface area contributed by atoms with Crippen molar-refractivity contribution in [3.05, 3.63) is 35.9 Å². The van der Waals surface area contributed by atoms with E-state index < -0.39 is 21.3 Å². The second-order valence-corrected chi connectivity index (χ2v) is 7.18. The molecule has 1 N–H and O–H groups in total. The third-order valence-corrected chi connectivity index (χ3v) is 4.94. The lowest BCUT2D eigenvalue weighted by Crippen LogP contribution is -2.39. The molecule has 1 aromatic carbocycles. The Morgan fingerprint density at radius 1 is 1.17 bits per heavy atom. The van der Waals surface area contributed by atoms with Gasteiger partial charge < -0.3 is 4.74 Å². The van der Waals surface area contributed by atoms with Crippen molar-refractivity contribution < 1.29 is 31.3 Å². The lowest BCUT2D eigenvalue weighted by atomic mass is 9.79. The van der Waals surface area contributed by atoms with Gasteiger partial charge in [-0.2, -0.15) is 17.2 Å². The predicted octanol–water partition coefficient (Wildman–Crippen LogP) is 2.98. The fraction of sp³-hybridized carbons (Fsp3) is 0.533. The smallest absolute Gasteiger partial charge is 0.460 e. The fourth-order valence-corrected chi connectivity index (χ4v) is 3.04. The van der Waals surface area contributed by atoms with Crippen molar-refractivity contribution in [3.63, 3.8) is 0 Å². The Morgan fingerprint density at radius 2 is 1.74 bits per heavy atom. The summed E-state index contributed by atoms with van der Waals surface area (Å²) >= 11 is 0. The Bertz CT molecular complexity index is 637. The average Bonchev–Trinajstić information content (AvgIpc) is 2.53. The Morgan fingerprint density at radius 3 is 2.26 bits per heavy atom. The molecule has 0 aliphatic heterocycles. The number of carbonyl (C=O) groups is 1. The van der Waals surface area contributed by atoms with E-state index in [9.17, 15) is 22.0 Å². The lowest BCUT2D eigenvalue weighted by molar-refractivity contribution is -0.163. The summed E-state index contributed by atoms with van der Waals surface area (Å²) in [6.45, 7) is -0.272. The van der Waals surface area contributed by atoms with Gasteiger partial charge >= 0.3 is 21.3 Å². The molecule has 1 fully saturated rings. The Balaban J connectivity index is 1.82. The Labute approximate surface area is 133 Å². The number of alkyl halides is 2. The van der Waals surface area contributed by atoms with Crippen LogP contribution < -0.4 is 0 Å². The van der Waals surface area contributed by atoms with Crippen LogP contribution in [0.2, 0.25) is 0 Å². The number of hydrogen-bond donors (Lipinski definition) is 1. The van der Waals surface area contributed by atoms with E-state index >= 15 is 0 Å². The number of carbonyl (C=O) groups excluding carboxylic acids is 1. The first kappa shape index (κ1) is 17.8. The first-order chi connectivity index (χ1) is 10.7. The molecule has 8 heteroatoms. The van der Waals surface area contributed by atoms with Gasteiger partial charge in [0.15, 0.2) is 0 Å². The molecule has 0 unspecified atom stereocenters. The van der Waals surface area contributed by atoms with Gasteiger partial charge in [-0.3, -0.25) is 4.55 Å². The molecule has 1 aromatic rings. The van der Waals surface area contributed by atoms with E-state index in [1.165, 1.54) is 5.56 Å². The molecule has 0 aromatic heterocycles. The van der Waals surface area contributed by atoms with Gasteiger partial charge in [-0.25, -0.2) is 4.79 Å². The van der Waals surface area contributed by atoms with Crippen LogP contribution in [0.15, 0.2) is 30.3 Å². The minimum absolute atomic E-state index is 0.0869. The fourth-order valence-electron chi connectivity index (χ4n) is 2.77. The van der Waals surface area contributed by atoms with E-state index in [0.717, 1.165) is 12.8 Å². The summed E-state index contributed by atoms with van der Waals surface area (Å²) in [7, 11) is -5.81. The zero-order valence-electron chi connectivity index (χ0n) is 12.3. The van der Waals surface area contributed by atoms with Crippen LogP contribution in [-0.2, 0) is 19.6 Å². The predicted molar refractivity (Wildman–Crippen MR) is 78.6 cm³/mol. The summed E-state index contributed by atoms with van der Waals surface area (Å²) < 4.78 is 59.7. The third-order valence-electron chi connectivity index (χ3n) is 4.13. The van der Waals surface area contributed by atoms with Gasteiger partial charge in [0.2, 0.25) is 0 Å². The summed E-state index contributed by atoms with van der Waals surface area (Å²) in [5.41, 5.74) is 1.22. The number of benzene rings is 1. The van der Waals surface area contributed by atoms with Crippen LogP contribution in [0.4, 0.5) is 8.78 Å². The second kappa shape index (κ2) is 6.92. The number of hydrogen-bond acceptors (Lipinski definition) is 4. The van der Waals surface area contributed by atoms with Gasteiger partial charge in [0.25, 0.3) is 0 Å². The summed E-state index contributed by atoms with van der Waals surface area (Å²) in [4.78, 5) is 11.1. The highest BCUT2D eigenvalue weighted by atomic mass is 32.2. The molecular formula is C15H18F2O5S. The van der Waals surface area contributed by atoms with Crippen molar-refractivity contribution >= 4 is 16.1 Å². The van der Waals surface area contributed by atoms with Crippen LogP contribution in [0.25, 0.3) is 0 Å². The first-order valence-corrected chi connectivity index (χ1v) is 8.73. The molecule has 0 heterocycles. The summed E-state index contributed by atoms with van der Waals surface area (Å²) in [6.07, 6.45) is 3.09. The lowest BCUT2D eigenvalue weighted by Gasteiger charge is -2.28. The van der Waals surface area contributed by atoms with E-state index in [1.807, 2.05) is 30.3 Å². The number of halogens is 2. The largest absolute Gasteiger partial charge is 0.465 e. The highest BCUT2D eigenvalue weighted by molar-refractivity contribution is 7.87. The summed E-state index contributed by atoms with van der Waals surface area (Å²) in [5.74, 6) is -1.93. The first-order valence-electron chi connectivity index (χ1n) is 7.29. The Hall–Kier alpha value is -1.54. The minimum Gasteiger partial charge on any atom is -0.460 e. The van der Waals surface area contributed by atoms with Crippen LogP contribution >= 0.6 is 0 Å². The maximum Gasteiger partial charge on any atom is 0.465 e. The van der Waals surface area contributed by atoms with Crippen LogP contribution in [0, 0.1) is 5.92 Å². The van der Waals surface area contributed by atoms with Crippen molar-refractivity contribution in [2.24, 2.45) is 5.92 Å². The molecule has 5 nitrogen and oxygen atoms in total. The van der Waals surface area contributed by atoms with Gasteiger partial charge in [-0.1, -0.05) is 30.3 Å². The van der Waals surface area contributed by atoms with Gasteiger partial charge in [0, 0.05) is 0 Å². The number of ether oxygens (including phenoxy) is 1. The van der Waals surface area contributed by atoms with Crippen molar-refractivity contribution in [2.45, 2.75) is 36.9 Å². The molecule has 0 spiro atoms. The van der Waals surface area contributed by atoms with Gasteiger partial charge in [0.05, 0.1) is 6.61 Å². The molecule has 0 saturated heterocycles. The zero-order valence-corrected chi connectivity index (χ0v) is 13.1. The molecular weight excluding hydrogens is 330 g/mol. The van der Waals surface area contributed by atoms with Crippen LogP contribution in [-0.4, -0.2) is 30.8 Å². The molecule has 0 atom stereocenters. The highest BCUT2D eigenvalue weighted by Crippen LogP contribution is 2.36. The van der Waals surface area contributed by atoms with Gasteiger partial charge in [0.1, 0.15) is 0 Å². The quantitative estimate of drug-likeness (QED) is 0.653. The topological polar surface area (TPSA) is 80.7 Å². The Kier molecular flexibility index (Phi) is 5.36. The third kappa shape index (κ3) is 4.26. The maximum atomic E-state index is 13.0. The van der Waals surface area contributed by atoms with Crippen molar-refractivity contribution in [3.8, 4) is 0 Å². The van der Waals surface area contributed by atoms with Gasteiger partial charge in [-0.05, 0) is 43.1 Å². The minimum atomic E-state index is -5.81. The molecule has 1 aliphatic carbocycles.